The molecule has 0 spiro atoms. The number of nitrogens with two attached hydrogens (primary N) is 1. The molecule has 1 heterocycles. The second-order valence-corrected chi connectivity index (χ2v) is 4.58. The monoisotopic (exact) mass is 226 g/mol. The zero-order valence-electron chi connectivity index (χ0n) is 9.29. The fourth-order valence-electron chi connectivity index (χ4n) is 2.33. The highest BCUT2D eigenvalue weighted by molar-refractivity contribution is 5.48. The van der Waals surface area contributed by atoms with Gasteiger partial charge in [-0.1, -0.05) is 13.0 Å². The van der Waals surface area contributed by atoms with Crippen molar-refractivity contribution in [2.75, 3.05) is 18.0 Å². The zero-order valence-corrected chi connectivity index (χ0v) is 9.29. The van der Waals surface area contributed by atoms with Gasteiger partial charge in [-0.3, -0.25) is 0 Å². The van der Waals surface area contributed by atoms with Gasteiger partial charge < -0.3 is 10.6 Å². The predicted molar refractivity (Wildman–Crippen MR) is 60.3 cm³/mol. The normalized spacial score (nSPS) is 25.9. The quantitative estimate of drug-likeness (QED) is 0.795. The molecule has 0 radical (unpaired) electrons. The highest BCUT2D eigenvalue weighted by atomic mass is 19.2. The maximum atomic E-state index is 13.6. The molecule has 1 fully saturated rings. The van der Waals surface area contributed by atoms with Crippen molar-refractivity contribution in [1.82, 2.24) is 0 Å². The number of anilines is 1. The van der Waals surface area contributed by atoms with Crippen LogP contribution in [-0.4, -0.2) is 19.1 Å². The maximum Gasteiger partial charge on any atom is 0.182 e. The van der Waals surface area contributed by atoms with Crippen molar-refractivity contribution >= 4 is 5.69 Å². The summed E-state index contributed by atoms with van der Waals surface area (Å²) in [6.07, 6.45) is 0.938. The first-order chi connectivity index (χ1) is 7.58. The van der Waals surface area contributed by atoms with E-state index in [1.165, 1.54) is 6.07 Å². The van der Waals surface area contributed by atoms with E-state index in [2.05, 4.69) is 6.92 Å². The second-order valence-electron chi connectivity index (χ2n) is 4.58. The molecule has 1 aliphatic rings. The van der Waals surface area contributed by atoms with Gasteiger partial charge in [-0.25, -0.2) is 8.78 Å². The molecule has 0 saturated carbocycles. The van der Waals surface area contributed by atoms with Crippen LogP contribution < -0.4 is 10.6 Å². The zero-order chi connectivity index (χ0) is 11.7. The van der Waals surface area contributed by atoms with E-state index in [0.717, 1.165) is 19.0 Å². The minimum absolute atomic E-state index is 0.0337. The van der Waals surface area contributed by atoms with Crippen molar-refractivity contribution in [3.63, 3.8) is 0 Å². The number of hydrogen-bond donors (Lipinski definition) is 1. The van der Waals surface area contributed by atoms with Gasteiger partial charge in [-0.2, -0.15) is 0 Å². The summed E-state index contributed by atoms with van der Waals surface area (Å²) in [4.78, 5) is 1.83. The van der Waals surface area contributed by atoms with Crippen LogP contribution in [0.25, 0.3) is 0 Å². The van der Waals surface area contributed by atoms with Crippen LogP contribution in [0.15, 0.2) is 18.2 Å². The summed E-state index contributed by atoms with van der Waals surface area (Å²) in [5, 5.41) is 0. The molecule has 2 rings (SSSR count). The molecule has 2 unspecified atom stereocenters. The molecular formula is C12H16F2N2. The fourth-order valence-corrected chi connectivity index (χ4v) is 2.33. The van der Waals surface area contributed by atoms with Crippen LogP contribution in [0.1, 0.15) is 13.3 Å². The summed E-state index contributed by atoms with van der Waals surface area (Å²) in [7, 11) is 0. The Morgan fingerprint density at radius 1 is 1.31 bits per heavy atom. The Morgan fingerprint density at radius 3 is 2.75 bits per heavy atom. The molecule has 16 heavy (non-hydrogen) atoms. The van der Waals surface area contributed by atoms with E-state index in [1.807, 2.05) is 4.90 Å². The summed E-state index contributed by atoms with van der Waals surface area (Å²) < 4.78 is 26.7. The molecule has 1 saturated heterocycles. The average Bonchev–Trinajstić information content (AvgIpc) is 2.20. The van der Waals surface area contributed by atoms with Gasteiger partial charge >= 0.3 is 0 Å². The predicted octanol–water partition coefficient (Wildman–Crippen LogP) is 2.14. The Hall–Kier alpha value is -1.16. The van der Waals surface area contributed by atoms with Crippen LogP contribution in [0, 0.1) is 17.6 Å². The van der Waals surface area contributed by atoms with Crippen LogP contribution >= 0.6 is 0 Å². The highest BCUT2D eigenvalue weighted by Gasteiger charge is 2.24. The second kappa shape index (κ2) is 4.37. The van der Waals surface area contributed by atoms with E-state index in [-0.39, 0.29) is 6.04 Å². The van der Waals surface area contributed by atoms with Crippen LogP contribution in [0.4, 0.5) is 14.5 Å². The van der Waals surface area contributed by atoms with E-state index in [4.69, 9.17) is 5.73 Å². The van der Waals surface area contributed by atoms with Gasteiger partial charge in [0.25, 0.3) is 0 Å². The van der Waals surface area contributed by atoms with Gasteiger partial charge in [-0.05, 0) is 24.5 Å². The molecule has 1 aromatic carbocycles. The molecule has 1 aliphatic heterocycles. The first-order valence-electron chi connectivity index (χ1n) is 5.52. The Kier molecular flexibility index (Phi) is 3.10. The molecule has 0 bridgehead atoms. The van der Waals surface area contributed by atoms with Crippen LogP contribution in [0.2, 0.25) is 0 Å². The van der Waals surface area contributed by atoms with Gasteiger partial charge in [0, 0.05) is 19.1 Å². The van der Waals surface area contributed by atoms with Gasteiger partial charge in [0.15, 0.2) is 11.6 Å². The Bertz CT molecular complexity index is 371. The van der Waals surface area contributed by atoms with Crippen molar-refractivity contribution in [2.24, 2.45) is 11.7 Å². The van der Waals surface area contributed by atoms with Gasteiger partial charge in [0.1, 0.15) is 0 Å². The van der Waals surface area contributed by atoms with Crippen LogP contribution in [0.5, 0.6) is 0 Å². The summed E-state index contributed by atoms with van der Waals surface area (Å²) in [5.41, 5.74) is 6.20. The van der Waals surface area contributed by atoms with Crippen molar-refractivity contribution in [1.29, 1.82) is 0 Å². The lowest BCUT2D eigenvalue weighted by Crippen LogP contribution is -2.46. The number of nitrogens with zero attached hydrogens (tertiary/aromatic N) is 1. The van der Waals surface area contributed by atoms with Gasteiger partial charge in [0.05, 0.1) is 5.69 Å². The van der Waals surface area contributed by atoms with Gasteiger partial charge in [0.2, 0.25) is 0 Å². The fraction of sp³-hybridized carbons (Fsp3) is 0.500. The number of benzene rings is 1. The lowest BCUT2D eigenvalue weighted by molar-refractivity contribution is 0.396. The SMILES string of the molecule is CC1CC(N)CN(c2cccc(F)c2F)C1. The third-order valence-corrected chi connectivity index (χ3v) is 2.96. The lowest BCUT2D eigenvalue weighted by Gasteiger charge is -2.36. The Labute approximate surface area is 94.0 Å². The topological polar surface area (TPSA) is 29.3 Å². The number of piperidine rings is 1. The minimum atomic E-state index is -0.802. The summed E-state index contributed by atoms with van der Waals surface area (Å²) >= 11 is 0. The molecule has 88 valence electrons. The first kappa shape index (κ1) is 11.3. The summed E-state index contributed by atoms with van der Waals surface area (Å²) in [6, 6.07) is 4.29. The average molecular weight is 226 g/mol. The molecule has 2 nitrogen and oxygen atoms in total. The van der Waals surface area contributed by atoms with Crippen LogP contribution in [0.3, 0.4) is 0 Å². The highest BCUT2D eigenvalue weighted by Crippen LogP contribution is 2.26. The van der Waals surface area contributed by atoms with Crippen molar-refractivity contribution in [3.05, 3.63) is 29.8 Å². The van der Waals surface area contributed by atoms with Gasteiger partial charge in [-0.15, -0.1) is 0 Å². The first-order valence-corrected chi connectivity index (χ1v) is 5.52. The number of rotatable bonds is 1. The van der Waals surface area contributed by atoms with E-state index < -0.39 is 11.6 Å². The van der Waals surface area contributed by atoms with E-state index in [0.29, 0.717) is 18.2 Å². The third kappa shape index (κ3) is 2.16. The van der Waals surface area contributed by atoms with E-state index >= 15 is 0 Å². The van der Waals surface area contributed by atoms with E-state index in [9.17, 15) is 8.78 Å². The molecule has 0 aromatic heterocycles. The molecule has 0 aliphatic carbocycles. The van der Waals surface area contributed by atoms with Crippen molar-refractivity contribution < 1.29 is 8.78 Å². The number of halogens is 2. The molecule has 1 aromatic rings. The summed E-state index contributed by atoms with van der Waals surface area (Å²) in [6.45, 7) is 3.39. The molecular weight excluding hydrogens is 210 g/mol. The van der Waals surface area contributed by atoms with Crippen molar-refractivity contribution in [2.45, 2.75) is 19.4 Å². The minimum Gasteiger partial charge on any atom is -0.367 e. The third-order valence-electron chi connectivity index (χ3n) is 2.96. The smallest absolute Gasteiger partial charge is 0.182 e. The molecule has 2 atom stereocenters. The van der Waals surface area contributed by atoms with E-state index in [1.54, 1.807) is 6.07 Å². The lowest BCUT2D eigenvalue weighted by atomic mass is 9.96. The Balaban J connectivity index is 2.26. The maximum absolute atomic E-state index is 13.6. The number of hydrogen-bond acceptors (Lipinski definition) is 2. The molecule has 4 heteroatoms. The standard InChI is InChI=1S/C12H16F2N2/c1-8-5-9(15)7-16(6-8)11-4-2-3-10(13)12(11)14/h2-4,8-9H,5-7,15H2,1H3. The molecule has 2 N–H and O–H groups in total. The van der Waals surface area contributed by atoms with Crippen molar-refractivity contribution in [3.8, 4) is 0 Å². The Morgan fingerprint density at radius 2 is 2.06 bits per heavy atom. The largest absolute Gasteiger partial charge is 0.367 e. The summed E-state index contributed by atoms with van der Waals surface area (Å²) in [5.74, 6) is -1.17. The van der Waals surface area contributed by atoms with Crippen LogP contribution in [-0.2, 0) is 0 Å². The molecule has 0 amide bonds.